The Morgan fingerprint density at radius 1 is 1.19 bits per heavy atom. The van der Waals surface area contributed by atoms with Crippen LogP contribution >= 0.6 is 0 Å². The number of carbonyl (C=O) groups is 1. The molecule has 1 aliphatic rings. The summed E-state index contributed by atoms with van der Waals surface area (Å²) < 4.78 is 38.8. The molecule has 5 rings (SSSR count). The molecule has 1 amide bonds. The Morgan fingerprint density at radius 2 is 1.88 bits per heavy atom. The van der Waals surface area contributed by atoms with E-state index in [0.29, 0.717) is 51.9 Å². The second-order valence-electron chi connectivity index (χ2n) is 11.5. The highest BCUT2D eigenvalue weighted by atomic mass is 19.1. The lowest BCUT2D eigenvalue weighted by Gasteiger charge is -2.34. The number of nitrogens with zero attached hydrogens (tertiary/aromatic N) is 7. The van der Waals surface area contributed by atoms with E-state index in [0.717, 1.165) is 0 Å². The van der Waals surface area contributed by atoms with Gasteiger partial charge in [-0.25, -0.2) is 18.3 Å². The summed E-state index contributed by atoms with van der Waals surface area (Å²) in [6, 6.07) is 6.02. The Balaban J connectivity index is 1.66. The van der Waals surface area contributed by atoms with Crippen LogP contribution in [0.15, 0.2) is 35.5 Å². The SMILES string of the molecule is Cc1cc(-n2nc3c(c2/N=C(/NC#N)Nc2ccc4c(cnn4C)c2F)[C@H](C)N(C(=O)OC(C)(C)C)CC3)cc(C)c1F. The first kappa shape index (κ1) is 29.5. The van der Waals surface area contributed by atoms with Crippen molar-refractivity contribution < 1.29 is 18.3 Å². The van der Waals surface area contributed by atoms with Crippen molar-refractivity contribution in [1.29, 1.82) is 5.26 Å². The summed E-state index contributed by atoms with van der Waals surface area (Å²) in [4.78, 5) is 19.5. The minimum Gasteiger partial charge on any atom is -0.444 e. The molecule has 224 valence electrons. The van der Waals surface area contributed by atoms with Gasteiger partial charge in [-0.05, 0) is 76.9 Å². The summed E-state index contributed by atoms with van der Waals surface area (Å²) >= 11 is 0. The van der Waals surface area contributed by atoms with Crippen molar-refractivity contribution in [1.82, 2.24) is 29.8 Å². The first-order chi connectivity index (χ1) is 20.3. The van der Waals surface area contributed by atoms with Gasteiger partial charge in [-0.2, -0.15) is 20.5 Å². The fourth-order valence-corrected chi connectivity index (χ4v) is 5.22. The summed E-state index contributed by atoms with van der Waals surface area (Å²) in [6.07, 6.45) is 3.19. The first-order valence-electron chi connectivity index (χ1n) is 13.8. The molecule has 3 heterocycles. The van der Waals surface area contributed by atoms with Crippen LogP contribution in [-0.4, -0.2) is 48.7 Å². The molecule has 4 aromatic rings. The molecule has 0 bridgehead atoms. The standard InChI is InChI=1S/C30H33F2N9O2/c1-16-12-19(13-17(2)25(16)31)41-27(24-18(3)40(11-10-21(24)38-41)29(42)43-30(4,5)6)37-28(34-15-33)36-22-8-9-23-20(26(22)32)14-35-39(23)7/h8-9,12-14,18H,10-11H2,1-7H3,(H2,34,36,37)/t18-/m0/s1. The van der Waals surface area contributed by atoms with Crippen LogP contribution in [-0.2, 0) is 18.2 Å². The third kappa shape index (κ3) is 5.60. The number of fused-ring (bicyclic) bond motifs is 2. The fourth-order valence-electron chi connectivity index (χ4n) is 5.22. The van der Waals surface area contributed by atoms with Crippen molar-refractivity contribution in [3.05, 3.63) is 64.5 Å². The maximum atomic E-state index is 15.5. The first-order valence-corrected chi connectivity index (χ1v) is 13.8. The molecule has 0 radical (unpaired) electrons. The average Bonchev–Trinajstić information content (AvgIpc) is 3.49. The van der Waals surface area contributed by atoms with Crippen molar-refractivity contribution in [3.8, 4) is 11.9 Å². The van der Waals surface area contributed by atoms with Crippen LogP contribution in [0.2, 0.25) is 0 Å². The van der Waals surface area contributed by atoms with E-state index in [2.05, 4.69) is 15.7 Å². The normalized spacial score (nSPS) is 15.3. The Hall–Kier alpha value is -4.99. The molecule has 0 aliphatic carbocycles. The second-order valence-corrected chi connectivity index (χ2v) is 11.5. The van der Waals surface area contributed by atoms with Crippen LogP contribution in [0, 0.1) is 36.9 Å². The number of hydrogen-bond donors (Lipinski definition) is 2. The molecule has 0 unspecified atom stereocenters. The minimum absolute atomic E-state index is 0.0684. The van der Waals surface area contributed by atoms with Gasteiger partial charge in [-0.3, -0.25) is 10.00 Å². The maximum Gasteiger partial charge on any atom is 0.410 e. The topological polar surface area (TPSA) is 125 Å². The van der Waals surface area contributed by atoms with Gasteiger partial charge in [0.1, 0.15) is 11.4 Å². The highest BCUT2D eigenvalue weighted by molar-refractivity contribution is 5.98. The second kappa shape index (κ2) is 11.0. The Bertz CT molecular complexity index is 1790. The molecule has 1 atom stereocenters. The van der Waals surface area contributed by atoms with E-state index in [1.54, 1.807) is 74.1 Å². The molecule has 0 spiro atoms. The van der Waals surface area contributed by atoms with E-state index in [-0.39, 0.29) is 23.3 Å². The van der Waals surface area contributed by atoms with Crippen molar-refractivity contribution in [2.45, 2.75) is 59.6 Å². The highest BCUT2D eigenvalue weighted by Gasteiger charge is 2.36. The molecule has 2 aromatic carbocycles. The predicted molar refractivity (Wildman–Crippen MR) is 158 cm³/mol. The number of aliphatic imine (C=N–C) groups is 1. The molecule has 0 saturated carbocycles. The van der Waals surface area contributed by atoms with Crippen LogP contribution in [0.25, 0.3) is 16.6 Å². The molecule has 43 heavy (non-hydrogen) atoms. The zero-order valence-electron chi connectivity index (χ0n) is 25.1. The zero-order valence-corrected chi connectivity index (χ0v) is 25.1. The quantitative estimate of drug-likeness (QED) is 0.136. The van der Waals surface area contributed by atoms with E-state index in [4.69, 9.17) is 14.8 Å². The Labute approximate surface area is 247 Å². The zero-order chi connectivity index (χ0) is 31.2. The van der Waals surface area contributed by atoms with Gasteiger partial charge in [0.25, 0.3) is 0 Å². The number of halogens is 2. The van der Waals surface area contributed by atoms with Crippen LogP contribution in [0.1, 0.15) is 56.1 Å². The third-order valence-corrected chi connectivity index (χ3v) is 7.25. The maximum absolute atomic E-state index is 15.5. The van der Waals surface area contributed by atoms with Gasteiger partial charge in [-0.1, -0.05) is 0 Å². The van der Waals surface area contributed by atoms with E-state index in [9.17, 15) is 14.4 Å². The van der Waals surface area contributed by atoms with Crippen molar-refractivity contribution in [2.24, 2.45) is 12.0 Å². The molecule has 1 aliphatic heterocycles. The molecule has 2 N–H and O–H groups in total. The van der Waals surface area contributed by atoms with Crippen LogP contribution in [0.3, 0.4) is 0 Å². The van der Waals surface area contributed by atoms with E-state index in [1.807, 2.05) is 13.1 Å². The number of ether oxygens (including phenoxy) is 1. The highest BCUT2D eigenvalue weighted by Crippen LogP contribution is 2.39. The monoisotopic (exact) mass is 589 g/mol. The number of nitrogens with one attached hydrogen (secondary N) is 2. The van der Waals surface area contributed by atoms with Crippen molar-refractivity contribution in [2.75, 3.05) is 11.9 Å². The molecule has 13 heteroatoms. The number of anilines is 1. The molecular weight excluding hydrogens is 556 g/mol. The lowest BCUT2D eigenvalue weighted by atomic mass is 10.00. The van der Waals surface area contributed by atoms with Gasteiger partial charge in [0, 0.05) is 25.6 Å². The number of hydrogen-bond acceptors (Lipinski definition) is 6. The largest absolute Gasteiger partial charge is 0.444 e. The van der Waals surface area contributed by atoms with Gasteiger partial charge in [-0.15, -0.1) is 0 Å². The average molecular weight is 590 g/mol. The fraction of sp³-hybridized carbons (Fsp3) is 0.367. The third-order valence-electron chi connectivity index (χ3n) is 7.25. The number of nitriles is 1. The number of aryl methyl sites for hydroxylation is 3. The van der Waals surface area contributed by atoms with Crippen LogP contribution in [0.4, 0.5) is 25.1 Å². The molecule has 0 saturated heterocycles. The summed E-state index contributed by atoms with van der Waals surface area (Å²) in [5.74, 6) is -0.687. The predicted octanol–water partition coefficient (Wildman–Crippen LogP) is 5.68. The van der Waals surface area contributed by atoms with Gasteiger partial charge in [0.15, 0.2) is 17.8 Å². The molecule has 2 aromatic heterocycles. The van der Waals surface area contributed by atoms with E-state index < -0.39 is 23.6 Å². The van der Waals surface area contributed by atoms with Gasteiger partial charge in [0.05, 0.1) is 40.2 Å². The smallest absolute Gasteiger partial charge is 0.410 e. The summed E-state index contributed by atoms with van der Waals surface area (Å²) in [7, 11) is 1.71. The molecule has 11 nitrogen and oxygen atoms in total. The molecular formula is C30H33F2N9O2. The Morgan fingerprint density at radius 3 is 2.53 bits per heavy atom. The number of guanidine groups is 1. The van der Waals surface area contributed by atoms with Crippen molar-refractivity contribution >= 4 is 34.5 Å². The van der Waals surface area contributed by atoms with Crippen molar-refractivity contribution in [3.63, 3.8) is 0 Å². The number of aromatic nitrogens is 4. The summed E-state index contributed by atoms with van der Waals surface area (Å²) in [5, 5.41) is 24.2. The molecule has 0 fully saturated rings. The van der Waals surface area contributed by atoms with Crippen LogP contribution in [0.5, 0.6) is 0 Å². The number of rotatable bonds is 3. The van der Waals surface area contributed by atoms with E-state index in [1.165, 1.54) is 12.3 Å². The minimum atomic E-state index is -0.696. The summed E-state index contributed by atoms with van der Waals surface area (Å²) in [5.41, 5.74) is 2.66. The van der Waals surface area contributed by atoms with E-state index >= 15 is 4.39 Å². The van der Waals surface area contributed by atoms with Gasteiger partial charge in [0.2, 0.25) is 5.96 Å². The number of benzene rings is 2. The lowest BCUT2D eigenvalue weighted by Crippen LogP contribution is -2.42. The Kier molecular flexibility index (Phi) is 7.56. The van der Waals surface area contributed by atoms with Gasteiger partial charge < -0.3 is 15.0 Å². The number of amides is 1. The van der Waals surface area contributed by atoms with Gasteiger partial charge >= 0.3 is 6.09 Å². The van der Waals surface area contributed by atoms with Crippen LogP contribution < -0.4 is 10.6 Å². The lowest BCUT2D eigenvalue weighted by molar-refractivity contribution is 0.0160. The summed E-state index contributed by atoms with van der Waals surface area (Å²) in [6.45, 7) is 10.9. The number of carbonyl (C=O) groups excluding carboxylic acids is 1.